The summed E-state index contributed by atoms with van der Waals surface area (Å²) in [6.07, 6.45) is 6.57. The molecule has 2 rings (SSSR count). The highest BCUT2D eigenvalue weighted by atomic mass is 16.1. The average molecular weight is 298 g/mol. The first-order valence-electron chi connectivity index (χ1n) is 7.63. The van der Waals surface area contributed by atoms with Crippen LogP contribution in [-0.4, -0.2) is 22.4 Å². The van der Waals surface area contributed by atoms with Gasteiger partial charge in [0.1, 0.15) is 11.5 Å². The second kappa shape index (κ2) is 8.12. The number of nitrogens with one attached hydrogen (secondary N) is 2. The highest BCUT2D eigenvalue weighted by Gasteiger charge is 2.09. The van der Waals surface area contributed by atoms with Gasteiger partial charge in [0, 0.05) is 12.2 Å². The zero-order chi connectivity index (χ0) is 15.8. The van der Waals surface area contributed by atoms with Crippen molar-refractivity contribution in [1.82, 2.24) is 9.97 Å². The van der Waals surface area contributed by atoms with Gasteiger partial charge < -0.3 is 10.6 Å². The van der Waals surface area contributed by atoms with Crippen LogP contribution in [0.1, 0.15) is 42.2 Å². The molecule has 116 valence electrons. The van der Waals surface area contributed by atoms with Crippen molar-refractivity contribution in [2.24, 2.45) is 0 Å². The van der Waals surface area contributed by atoms with E-state index in [0.29, 0.717) is 11.5 Å². The molecule has 0 fully saturated rings. The number of carbonyl (C=O) groups excluding carboxylic acids is 1. The van der Waals surface area contributed by atoms with Gasteiger partial charge in [-0.25, -0.2) is 9.97 Å². The maximum absolute atomic E-state index is 12.1. The van der Waals surface area contributed by atoms with Gasteiger partial charge in [0.05, 0.1) is 12.4 Å². The molecule has 1 aromatic heterocycles. The molecule has 0 bridgehead atoms. The number of carbonyl (C=O) groups is 1. The molecule has 1 aromatic carbocycles. The number of benzene rings is 1. The first-order chi connectivity index (χ1) is 10.7. The average Bonchev–Trinajstić information content (AvgIpc) is 2.54. The number of hydrogen-bond donors (Lipinski definition) is 2. The molecule has 0 aliphatic carbocycles. The minimum atomic E-state index is -0.251. The summed E-state index contributed by atoms with van der Waals surface area (Å²) in [5.41, 5.74) is 2.11. The van der Waals surface area contributed by atoms with Crippen LogP contribution in [0.15, 0.2) is 36.7 Å². The van der Waals surface area contributed by atoms with Crippen LogP contribution in [0.4, 0.5) is 11.5 Å². The van der Waals surface area contributed by atoms with Gasteiger partial charge in [-0.15, -0.1) is 0 Å². The zero-order valence-electron chi connectivity index (χ0n) is 13.1. The van der Waals surface area contributed by atoms with Crippen LogP contribution in [-0.2, 0) is 0 Å². The molecule has 5 nitrogen and oxygen atoms in total. The first-order valence-corrected chi connectivity index (χ1v) is 7.63. The van der Waals surface area contributed by atoms with Crippen LogP contribution < -0.4 is 10.6 Å². The molecule has 0 aliphatic heterocycles. The number of aromatic nitrogens is 2. The van der Waals surface area contributed by atoms with Crippen LogP contribution >= 0.6 is 0 Å². The van der Waals surface area contributed by atoms with E-state index in [1.165, 1.54) is 19.0 Å². The fourth-order valence-corrected chi connectivity index (χ4v) is 2.03. The summed E-state index contributed by atoms with van der Waals surface area (Å²) in [6, 6.07) is 7.64. The lowest BCUT2D eigenvalue weighted by atomic mass is 10.2. The van der Waals surface area contributed by atoms with E-state index in [1.807, 2.05) is 31.2 Å². The molecule has 0 radical (unpaired) electrons. The summed E-state index contributed by atoms with van der Waals surface area (Å²) < 4.78 is 0. The maximum Gasteiger partial charge on any atom is 0.275 e. The predicted molar refractivity (Wildman–Crippen MR) is 89.2 cm³/mol. The van der Waals surface area contributed by atoms with Crippen LogP contribution in [0.2, 0.25) is 0 Å². The minimum absolute atomic E-state index is 0.251. The molecular formula is C17H22N4O. The Labute approximate surface area is 131 Å². The van der Waals surface area contributed by atoms with Gasteiger partial charge in [-0.3, -0.25) is 4.79 Å². The van der Waals surface area contributed by atoms with E-state index in [1.54, 1.807) is 6.20 Å². The molecule has 0 saturated carbocycles. The third-order valence-electron chi connectivity index (χ3n) is 3.36. The van der Waals surface area contributed by atoms with Crippen molar-refractivity contribution in [3.05, 3.63) is 47.9 Å². The lowest BCUT2D eigenvalue weighted by molar-refractivity contribution is 0.102. The summed E-state index contributed by atoms with van der Waals surface area (Å²) >= 11 is 0. The topological polar surface area (TPSA) is 66.9 Å². The van der Waals surface area contributed by atoms with E-state index in [2.05, 4.69) is 27.5 Å². The van der Waals surface area contributed by atoms with Crippen molar-refractivity contribution in [3.63, 3.8) is 0 Å². The number of nitrogens with zero attached hydrogens (tertiary/aromatic N) is 2. The Morgan fingerprint density at radius 2 is 1.95 bits per heavy atom. The first kappa shape index (κ1) is 15.9. The van der Waals surface area contributed by atoms with Crippen molar-refractivity contribution in [2.75, 3.05) is 17.2 Å². The van der Waals surface area contributed by atoms with Gasteiger partial charge in [0.2, 0.25) is 0 Å². The third kappa shape index (κ3) is 4.55. The number of unbranched alkanes of at least 4 members (excludes halogenated alkanes) is 2. The van der Waals surface area contributed by atoms with Crippen LogP contribution in [0.3, 0.4) is 0 Å². The Morgan fingerprint density at radius 1 is 1.14 bits per heavy atom. The Balaban J connectivity index is 1.92. The molecule has 2 N–H and O–H groups in total. The maximum atomic E-state index is 12.1. The summed E-state index contributed by atoms with van der Waals surface area (Å²) in [5.74, 6) is 0.447. The van der Waals surface area contributed by atoms with E-state index in [4.69, 9.17) is 0 Å². The van der Waals surface area contributed by atoms with Gasteiger partial charge in [-0.05, 0) is 25.0 Å². The number of anilines is 2. The number of hydrogen-bond acceptors (Lipinski definition) is 4. The Kier molecular flexibility index (Phi) is 5.89. The predicted octanol–water partition coefficient (Wildman–Crippen LogP) is 3.64. The second-order valence-electron chi connectivity index (χ2n) is 5.19. The molecule has 0 saturated heterocycles. The van der Waals surface area contributed by atoms with Crippen LogP contribution in [0.25, 0.3) is 0 Å². The highest BCUT2D eigenvalue weighted by Crippen LogP contribution is 2.14. The van der Waals surface area contributed by atoms with Gasteiger partial charge in [-0.1, -0.05) is 38.0 Å². The van der Waals surface area contributed by atoms with E-state index < -0.39 is 0 Å². The fraction of sp³-hybridized carbons (Fsp3) is 0.353. The highest BCUT2D eigenvalue weighted by molar-refractivity contribution is 6.03. The van der Waals surface area contributed by atoms with E-state index in [9.17, 15) is 4.79 Å². The van der Waals surface area contributed by atoms with E-state index in [-0.39, 0.29) is 5.91 Å². The largest absolute Gasteiger partial charge is 0.369 e. The number of para-hydroxylation sites is 1. The fourth-order valence-electron chi connectivity index (χ4n) is 2.03. The minimum Gasteiger partial charge on any atom is -0.369 e. The summed E-state index contributed by atoms with van der Waals surface area (Å²) in [6.45, 7) is 4.99. The molecule has 0 aliphatic rings. The molecule has 1 heterocycles. The van der Waals surface area contributed by atoms with Crippen molar-refractivity contribution in [1.29, 1.82) is 0 Å². The Hall–Kier alpha value is -2.43. The van der Waals surface area contributed by atoms with E-state index in [0.717, 1.165) is 24.2 Å². The van der Waals surface area contributed by atoms with Crippen LogP contribution in [0, 0.1) is 6.92 Å². The molecule has 0 spiro atoms. The molecule has 2 aromatic rings. The van der Waals surface area contributed by atoms with Gasteiger partial charge in [0.15, 0.2) is 0 Å². The lowest BCUT2D eigenvalue weighted by Gasteiger charge is -2.08. The quantitative estimate of drug-likeness (QED) is 0.766. The zero-order valence-corrected chi connectivity index (χ0v) is 13.1. The SMILES string of the molecule is CCCCCNc1cnc(C(=O)Nc2ccccc2C)cn1. The monoisotopic (exact) mass is 298 g/mol. The summed E-state index contributed by atoms with van der Waals surface area (Å²) in [4.78, 5) is 20.5. The van der Waals surface area contributed by atoms with Gasteiger partial charge in [0.25, 0.3) is 5.91 Å². The van der Waals surface area contributed by atoms with Crippen molar-refractivity contribution < 1.29 is 4.79 Å². The van der Waals surface area contributed by atoms with Crippen molar-refractivity contribution >= 4 is 17.4 Å². The Morgan fingerprint density at radius 3 is 2.64 bits per heavy atom. The van der Waals surface area contributed by atoms with Crippen molar-refractivity contribution in [2.45, 2.75) is 33.1 Å². The molecule has 1 amide bonds. The normalized spacial score (nSPS) is 10.3. The van der Waals surface area contributed by atoms with E-state index >= 15 is 0 Å². The molecular weight excluding hydrogens is 276 g/mol. The van der Waals surface area contributed by atoms with Crippen LogP contribution in [0.5, 0.6) is 0 Å². The second-order valence-corrected chi connectivity index (χ2v) is 5.19. The smallest absolute Gasteiger partial charge is 0.275 e. The van der Waals surface area contributed by atoms with Crippen molar-refractivity contribution in [3.8, 4) is 0 Å². The molecule has 22 heavy (non-hydrogen) atoms. The summed E-state index contributed by atoms with van der Waals surface area (Å²) in [7, 11) is 0. The van der Waals surface area contributed by atoms with Gasteiger partial charge >= 0.3 is 0 Å². The number of aryl methyl sites for hydroxylation is 1. The number of amides is 1. The Bertz CT molecular complexity index is 610. The molecule has 5 heteroatoms. The van der Waals surface area contributed by atoms with Gasteiger partial charge in [-0.2, -0.15) is 0 Å². The molecule has 0 atom stereocenters. The number of rotatable bonds is 7. The molecule has 0 unspecified atom stereocenters. The summed E-state index contributed by atoms with van der Waals surface area (Å²) in [5, 5.41) is 6.04. The third-order valence-corrected chi connectivity index (χ3v) is 3.36. The standard InChI is InChI=1S/C17H22N4O/c1-3-4-7-10-18-16-12-19-15(11-20-16)17(22)21-14-9-6-5-8-13(14)2/h5-6,8-9,11-12H,3-4,7,10H2,1-2H3,(H,18,20)(H,21,22). The lowest BCUT2D eigenvalue weighted by Crippen LogP contribution is -2.15.